The highest BCUT2D eigenvalue weighted by Crippen LogP contribution is 2.33. The van der Waals surface area contributed by atoms with Gasteiger partial charge in [-0.2, -0.15) is 0 Å². The van der Waals surface area contributed by atoms with Crippen molar-refractivity contribution in [1.29, 1.82) is 0 Å². The van der Waals surface area contributed by atoms with Gasteiger partial charge in [0.2, 0.25) is 0 Å². The maximum Gasteiger partial charge on any atom is 0.196 e. The number of rotatable bonds is 8. The van der Waals surface area contributed by atoms with Crippen molar-refractivity contribution >= 4 is 5.78 Å². The first kappa shape index (κ1) is 18.4. The van der Waals surface area contributed by atoms with Crippen molar-refractivity contribution in [2.45, 2.75) is 51.9 Å². The topological polar surface area (TPSA) is 55.8 Å². The molecule has 130 valence electrons. The van der Waals surface area contributed by atoms with Crippen molar-refractivity contribution in [3.63, 3.8) is 0 Å². The van der Waals surface area contributed by atoms with Crippen LogP contribution >= 0.6 is 0 Å². The van der Waals surface area contributed by atoms with E-state index in [9.17, 15) is 9.90 Å². The lowest BCUT2D eigenvalue weighted by Gasteiger charge is -2.35. The minimum absolute atomic E-state index is 0.00324. The summed E-state index contributed by atoms with van der Waals surface area (Å²) in [6.07, 6.45) is 5.37. The van der Waals surface area contributed by atoms with Crippen molar-refractivity contribution in [1.82, 2.24) is 0 Å². The molecule has 0 aliphatic heterocycles. The maximum atomic E-state index is 12.6. The molecule has 0 bridgehead atoms. The van der Waals surface area contributed by atoms with Crippen molar-refractivity contribution in [2.24, 2.45) is 0 Å². The number of carbonyl (C=O) groups excluding carboxylic acids is 1. The molecule has 2 rings (SSSR count). The van der Waals surface area contributed by atoms with Crippen LogP contribution in [-0.2, 0) is 9.47 Å². The van der Waals surface area contributed by atoms with Gasteiger partial charge in [-0.15, -0.1) is 0 Å². The van der Waals surface area contributed by atoms with Crippen LogP contribution in [0.5, 0.6) is 0 Å². The molecule has 0 spiro atoms. The zero-order valence-corrected chi connectivity index (χ0v) is 14.6. The fourth-order valence-corrected chi connectivity index (χ4v) is 2.65. The third-order valence-corrected chi connectivity index (χ3v) is 3.79. The molecule has 1 aromatic rings. The summed E-state index contributed by atoms with van der Waals surface area (Å²) in [5.74, 6) is -1.20. The molecular formula is C20H26O4. The van der Waals surface area contributed by atoms with E-state index in [1.54, 1.807) is 36.4 Å². The smallest absolute Gasteiger partial charge is 0.196 e. The quantitative estimate of drug-likeness (QED) is 0.431. The van der Waals surface area contributed by atoms with Crippen LogP contribution in [-0.4, -0.2) is 29.4 Å². The van der Waals surface area contributed by atoms with E-state index in [0.29, 0.717) is 17.7 Å². The summed E-state index contributed by atoms with van der Waals surface area (Å²) < 4.78 is 11.8. The molecule has 1 aromatic carbocycles. The first-order valence-electron chi connectivity index (χ1n) is 8.50. The summed E-state index contributed by atoms with van der Waals surface area (Å²) in [5, 5.41) is 10.5. The summed E-state index contributed by atoms with van der Waals surface area (Å²) >= 11 is 0. The number of ether oxygens (including phenoxy) is 2. The summed E-state index contributed by atoms with van der Waals surface area (Å²) in [6, 6.07) is 8.93. The number of hydrogen-bond donors (Lipinski definition) is 1. The Bertz CT molecular complexity index is 616. The monoisotopic (exact) mass is 330 g/mol. The first-order chi connectivity index (χ1) is 11.5. The Morgan fingerprint density at radius 3 is 2.58 bits per heavy atom. The zero-order chi connectivity index (χ0) is 17.6. The molecule has 1 unspecified atom stereocenters. The molecule has 0 aromatic heterocycles. The summed E-state index contributed by atoms with van der Waals surface area (Å²) in [4.78, 5) is 12.6. The molecule has 1 atom stereocenters. The molecule has 0 saturated carbocycles. The molecule has 0 amide bonds. The largest absolute Gasteiger partial charge is 0.511 e. The molecule has 0 fully saturated rings. The van der Waals surface area contributed by atoms with E-state index in [0.717, 1.165) is 12.8 Å². The van der Waals surface area contributed by atoms with E-state index in [2.05, 4.69) is 6.92 Å². The second-order valence-electron chi connectivity index (χ2n) is 6.25. The predicted molar refractivity (Wildman–Crippen MR) is 94.0 cm³/mol. The van der Waals surface area contributed by atoms with Crippen molar-refractivity contribution in [3.8, 4) is 0 Å². The van der Waals surface area contributed by atoms with Crippen LogP contribution in [0, 0.1) is 0 Å². The fraction of sp³-hybridized carbons (Fsp3) is 0.450. The molecule has 0 heterocycles. The third-order valence-electron chi connectivity index (χ3n) is 3.79. The van der Waals surface area contributed by atoms with E-state index in [1.807, 2.05) is 19.9 Å². The average molecular weight is 330 g/mol. The molecule has 4 nitrogen and oxygen atoms in total. The molecule has 4 heteroatoms. The highest BCUT2D eigenvalue weighted by Gasteiger charge is 2.36. The van der Waals surface area contributed by atoms with Crippen molar-refractivity contribution in [3.05, 3.63) is 59.4 Å². The Morgan fingerprint density at radius 1 is 1.29 bits per heavy atom. The van der Waals surface area contributed by atoms with E-state index < -0.39 is 5.79 Å². The zero-order valence-electron chi connectivity index (χ0n) is 14.6. The van der Waals surface area contributed by atoms with Gasteiger partial charge in [0.25, 0.3) is 0 Å². The Labute approximate surface area is 143 Å². The Hall–Kier alpha value is -1.91. The second kappa shape index (κ2) is 8.27. The summed E-state index contributed by atoms with van der Waals surface area (Å²) in [5.41, 5.74) is 0.844. The lowest BCUT2D eigenvalue weighted by molar-refractivity contribution is -0.225. The fourth-order valence-electron chi connectivity index (χ4n) is 2.65. The van der Waals surface area contributed by atoms with Gasteiger partial charge < -0.3 is 14.6 Å². The predicted octanol–water partition coefficient (Wildman–Crippen LogP) is 4.58. The lowest BCUT2D eigenvalue weighted by atomic mass is 9.93. The number of hydrogen-bond acceptors (Lipinski definition) is 4. The third kappa shape index (κ3) is 4.56. The molecule has 1 aliphatic carbocycles. The Kier molecular flexibility index (Phi) is 6.35. The standard InChI is InChI=1S/C20H26O4/c1-4-5-13-23-20(24-15(2)3)12-11-17(18(21)14-20)19(22)16-9-7-6-8-10-16/h6-12,15,21H,4-5,13-14H2,1-3H3. The highest BCUT2D eigenvalue weighted by atomic mass is 16.7. The van der Waals surface area contributed by atoms with Crippen LogP contribution in [0.2, 0.25) is 0 Å². The van der Waals surface area contributed by atoms with Gasteiger partial charge in [-0.25, -0.2) is 0 Å². The van der Waals surface area contributed by atoms with Gasteiger partial charge in [0.15, 0.2) is 11.6 Å². The SMILES string of the molecule is CCCCOC1(OC(C)C)C=CC(C(=O)c2ccccc2)=C(O)C1. The van der Waals surface area contributed by atoms with Crippen LogP contribution in [0.1, 0.15) is 50.4 Å². The van der Waals surface area contributed by atoms with Crippen LogP contribution in [0.15, 0.2) is 53.8 Å². The minimum atomic E-state index is -1.01. The van der Waals surface area contributed by atoms with Crippen LogP contribution < -0.4 is 0 Å². The molecule has 0 radical (unpaired) electrons. The molecule has 24 heavy (non-hydrogen) atoms. The highest BCUT2D eigenvalue weighted by molar-refractivity contribution is 6.11. The normalized spacial score (nSPS) is 20.7. The molecule has 0 saturated heterocycles. The lowest BCUT2D eigenvalue weighted by Crippen LogP contribution is -2.39. The molecular weight excluding hydrogens is 304 g/mol. The minimum Gasteiger partial charge on any atom is -0.511 e. The van der Waals surface area contributed by atoms with Crippen LogP contribution in [0.25, 0.3) is 0 Å². The number of aliphatic hydroxyl groups is 1. The summed E-state index contributed by atoms with van der Waals surface area (Å²) in [7, 11) is 0. The number of Topliss-reactive ketones (excluding diaryl/α,β-unsaturated/α-hetero) is 1. The van der Waals surface area contributed by atoms with Crippen LogP contribution in [0.3, 0.4) is 0 Å². The van der Waals surface area contributed by atoms with E-state index in [-0.39, 0.29) is 24.1 Å². The van der Waals surface area contributed by atoms with Gasteiger partial charge in [0, 0.05) is 5.56 Å². The molecule has 1 aliphatic rings. The van der Waals surface area contributed by atoms with Gasteiger partial charge >= 0.3 is 0 Å². The van der Waals surface area contributed by atoms with Crippen molar-refractivity contribution < 1.29 is 19.4 Å². The number of unbranched alkanes of at least 4 members (excludes halogenated alkanes) is 1. The van der Waals surface area contributed by atoms with E-state index in [1.165, 1.54) is 0 Å². The number of carbonyl (C=O) groups is 1. The maximum absolute atomic E-state index is 12.6. The second-order valence-corrected chi connectivity index (χ2v) is 6.25. The van der Waals surface area contributed by atoms with Gasteiger partial charge in [-0.05, 0) is 32.4 Å². The van der Waals surface area contributed by atoms with Gasteiger partial charge in [0.05, 0.1) is 24.7 Å². The van der Waals surface area contributed by atoms with Gasteiger partial charge in [0.1, 0.15) is 5.76 Å². The van der Waals surface area contributed by atoms with E-state index in [4.69, 9.17) is 9.47 Å². The number of aliphatic hydroxyl groups excluding tert-OH is 1. The first-order valence-corrected chi connectivity index (χ1v) is 8.50. The van der Waals surface area contributed by atoms with Gasteiger partial charge in [-0.3, -0.25) is 4.79 Å². The average Bonchev–Trinajstić information content (AvgIpc) is 2.55. The van der Waals surface area contributed by atoms with Gasteiger partial charge in [-0.1, -0.05) is 43.7 Å². The van der Waals surface area contributed by atoms with Crippen LogP contribution in [0.4, 0.5) is 0 Å². The van der Waals surface area contributed by atoms with Crippen molar-refractivity contribution in [2.75, 3.05) is 6.61 Å². The summed E-state index contributed by atoms with van der Waals surface area (Å²) in [6.45, 7) is 6.47. The van der Waals surface area contributed by atoms with E-state index >= 15 is 0 Å². The number of allylic oxidation sites excluding steroid dienone is 2. The number of ketones is 1. The Balaban J connectivity index is 2.20. The Morgan fingerprint density at radius 2 is 2.00 bits per heavy atom. The number of benzene rings is 1. The molecule has 1 N–H and O–H groups in total.